The molecule has 102 valence electrons. The van der Waals surface area contributed by atoms with E-state index in [9.17, 15) is 4.79 Å². The highest BCUT2D eigenvalue weighted by molar-refractivity contribution is 5.75. The summed E-state index contributed by atoms with van der Waals surface area (Å²) in [4.78, 5) is 13.0. The quantitative estimate of drug-likeness (QED) is 0.847. The molecule has 2 heterocycles. The third-order valence-corrected chi connectivity index (χ3v) is 2.83. The fraction of sp³-hybridized carbons (Fsp3) is 0.500. The molecular formula is C12H17N5O2. The van der Waals surface area contributed by atoms with Crippen LogP contribution in [0.1, 0.15) is 26.7 Å². The van der Waals surface area contributed by atoms with Crippen LogP contribution in [0.3, 0.4) is 0 Å². The zero-order chi connectivity index (χ0) is 13.7. The Kier molecular flexibility index (Phi) is 4.27. The van der Waals surface area contributed by atoms with E-state index in [1.807, 2.05) is 13.8 Å². The van der Waals surface area contributed by atoms with Crippen molar-refractivity contribution in [3.8, 4) is 11.6 Å². The Morgan fingerprint density at radius 3 is 2.89 bits per heavy atom. The van der Waals surface area contributed by atoms with E-state index in [0.29, 0.717) is 11.6 Å². The van der Waals surface area contributed by atoms with E-state index in [-0.39, 0.29) is 18.5 Å². The molecule has 0 saturated carbocycles. The average Bonchev–Trinajstić information content (AvgIpc) is 3.06. The molecule has 0 saturated heterocycles. The van der Waals surface area contributed by atoms with E-state index >= 15 is 0 Å². The summed E-state index contributed by atoms with van der Waals surface area (Å²) in [5.41, 5.74) is 0. The van der Waals surface area contributed by atoms with E-state index in [0.717, 1.165) is 12.8 Å². The van der Waals surface area contributed by atoms with Gasteiger partial charge in [0.15, 0.2) is 5.76 Å². The zero-order valence-corrected chi connectivity index (χ0v) is 11.0. The van der Waals surface area contributed by atoms with Crippen molar-refractivity contribution in [2.75, 3.05) is 0 Å². The van der Waals surface area contributed by atoms with Gasteiger partial charge in [-0.15, -0.1) is 10.2 Å². The van der Waals surface area contributed by atoms with Gasteiger partial charge >= 0.3 is 0 Å². The fourth-order valence-electron chi connectivity index (χ4n) is 1.71. The smallest absolute Gasteiger partial charge is 0.243 e. The maximum atomic E-state index is 11.8. The summed E-state index contributed by atoms with van der Waals surface area (Å²) in [5, 5.41) is 14.7. The summed E-state index contributed by atoms with van der Waals surface area (Å²) in [7, 11) is 0. The van der Waals surface area contributed by atoms with E-state index in [4.69, 9.17) is 4.42 Å². The van der Waals surface area contributed by atoms with Crippen LogP contribution in [-0.2, 0) is 11.3 Å². The molecule has 0 aliphatic rings. The first kappa shape index (κ1) is 13.3. The first-order valence-electron chi connectivity index (χ1n) is 6.34. The molecule has 1 N–H and O–H groups in total. The van der Waals surface area contributed by atoms with E-state index in [1.54, 1.807) is 12.1 Å². The van der Waals surface area contributed by atoms with Crippen molar-refractivity contribution < 1.29 is 9.21 Å². The van der Waals surface area contributed by atoms with Gasteiger partial charge < -0.3 is 9.73 Å². The van der Waals surface area contributed by atoms with E-state index in [2.05, 4.69) is 20.7 Å². The number of tetrazole rings is 1. The molecule has 2 aromatic heterocycles. The first-order valence-corrected chi connectivity index (χ1v) is 6.34. The third-order valence-electron chi connectivity index (χ3n) is 2.83. The van der Waals surface area contributed by atoms with Crippen molar-refractivity contribution in [2.45, 2.75) is 39.3 Å². The number of aromatic nitrogens is 4. The SMILES string of the molecule is CCC(CC)NC(=O)Cn1nnc(-c2ccco2)n1. The summed E-state index contributed by atoms with van der Waals surface area (Å²) in [6, 6.07) is 3.68. The van der Waals surface area contributed by atoms with Crippen LogP contribution in [0.25, 0.3) is 11.6 Å². The second kappa shape index (κ2) is 6.12. The van der Waals surface area contributed by atoms with Gasteiger partial charge in [0, 0.05) is 6.04 Å². The lowest BCUT2D eigenvalue weighted by atomic mass is 10.2. The zero-order valence-electron chi connectivity index (χ0n) is 11.0. The number of nitrogens with one attached hydrogen (secondary N) is 1. The fourth-order valence-corrected chi connectivity index (χ4v) is 1.71. The normalized spacial score (nSPS) is 10.9. The third kappa shape index (κ3) is 3.40. The number of amides is 1. The summed E-state index contributed by atoms with van der Waals surface area (Å²) in [6.45, 7) is 4.14. The maximum Gasteiger partial charge on any atom is 0.243 e. The minimum Gasteiger partial charge on any atom is -0.461 e. The minimum absolute atomic E-state index is 0.0597. The van der Waals surface area contributed by atoms with Crippen molar-refractivity contribution in [3.63, 3.8) is 0 Å². The molecule has 0 aromatic carbocycles. The van der Waals surface area contributed by atoms with Crippen LogP contribution in [0.15, 0.2) is 22.8 Å². The Bertz CT molecular complexity index is 516. The van der Waals surface area contributed by atoms with Gasteiger partial charge in [-0.1, -0.05) is 13.8 Å². The highest BCUT2D eigenvalue weighted by Gasteiger charge is 2.12. The van der Waals surface area contributed by atoms with Crippen LogP contribution in [0.4, 0.5) is 0 Å². The Hall–Kier alpha value is -2.18. The van der Waals surface area contributed by atoms with Gasteiger partial charge in [-0.2, -0.15) is 4.80 Å². The van der Waals surface area contributed by atoms with Gasteiger partial charge in [0.1, 0.15) is 6.54 Å². The second-order valence-electron chi connectivity index (χ2n) is 4.20. The van der Waals surface area contributed by atoms with Crippen LogP contribution < -0.4 is 5.32 Å². The molecule has 0 atom stereocenters. The molecule has 0 bridgehead atoms. The van der Waals surface area contributed by atoms with Crippen LogP contribution in [0.2, 0.25) is 0 Å². The molecule has 0 fully saturated rings. The molecule has 0 aliphatic carbocycles. The minimum atomic E-state index is -0.114. The molecule has 2 aromatic rings. The first-order chi connectivity index (χ1) is 9.22. The van der Waals surface area contributed by atoms with Crippen LogP contribution >= 0.6 is 0 Å². The predicted octanol–water partition coefficient (Wildman–Crippen LogP) is 1.24. The Labute approximate surface area is 111 Å². The van der Waals surface area contributed by atoms with Crippen molar-refractivity contribution in [2.24, 2.45) is 0 Å². The molecule has 7 heteroatoms. The van der Waals surface area contributed by atoms with Crippen molar-refractivity contribution >= 4 is 5.91 Å². The number of furan rings is 1. The Morgan fingerprint density at radius 2 is 2.26 bits per heavy atom. The van der Waals surface area contributed by atoms with Crippen LogP contribution in [-0.4, -0.2) is 32.2 Å². The summed E-state index contributed by atoms with van der Waals surface area (Å²) in [5.74, 6) is 0.795. The maximum absolute atomic E-state index is 11.8. The highest BCUT2D eigenvalue weighted by Crippen LogP contribution is 2.12. The lowest BCUT2D eigenvalue weighted by molar-refractivity contribution is -0.122. The lowest BCUT2D eigenvalue weighted by Crippen LogP contribution is -2.36. The summed E-state index contributed by atoms with van der Waals surface area (Å²) < 4.78 is 5.16. The number of rotatable bonds is 6. The predicted molar refractivity (Wildman–Crippen MR) is 68.0 cm³/mol. The largest absolute Gasteiger partial charge is 0.461 e. The number of carbonyl (C=O) groups excluding carboxylic acids is 1. The number of carbonyl (C=O) groups is 1. The van der Waals surface area contributed by atoms with Crippen molar-refractivity contribution in [3.05, 3.63) is 18.4 Å². The van der Waals surface area contributed by atoms with Crippen LogP contribution in [0, 0.1) is 0 Å². The topological polar surface area (TPSA) is 85.8 Å². The van der Waals surface area contributed by atoms with Gasteiger partial charge in [-0.3, -0.25) is 4.79 Å². The van der Waals surface area contributed by atoms with Gasteiger partial charge in [0.2, 0.25) is 11.7 Å². The number of hydrogen-bond donors (Lipinski definition) is 1. The number of nitrogens with zero attached hydrogens (tertiary/aromatic N) is 4. The molecule has 0 radical (unpaired) electrons. The molecular weight excluding hydrogens is 246 g/mol. The number of hydrogen-bond acceptors (Lipinski definition) is 5. The average molecular weight is 263 g/mol. The summed E-state index contributed by atoms with van der Waals surface area (Å²) >= 11 is 0. The molecule has 1 amide bonds. The lowest BCUT2D eigenvalue weighted by Gasteiger charge is -2.13. The van der Waals surface area contributed by atoms with Gasteiger partial charge in [0.25, 0.3) is 0 Å². The molecule has 0 spiro atoms. The monoisotopic (exact) mass is 263 g/mol. The second-order valence-corrected chi connectivity index (χ2v) is 4.20. The molecule has 7 nitrogen and oxygen atoms in total. The highest BCUT2D eigenvalue weighted by atomic mass is 16.3. The van der Waals surface area contributed by atoms with Crippen molar-refractivity contribution in [1.29, 1.82) is 0 Å². The Balaban J connectivity index is 1.95. The van der Waals surface area contributed by atoms with Gasteiger partial charge in [-0.05, 0) is 30.2 Å². The molecule has 0 unspecified atom stereocenters. The van der Waals surface area contributed by atoms with Gasteiger partial charge in [-0.25, -0.2) is 0 Å². The van der Waals surface area contributed by atoms with Gasteiger partial charge in [0.05, 0.1) is 6.26 Å². The van der Waals surface area contributed by atoms with E-state index in [1.165, 1.54) is 11.1 Å². The standard InChI is InChI=1S/C12H17N5O2/c1-3-9(4-2)13-11(18)8-17-15-12(14-16-17)10-6-5-7-19-10/h5-7,9H,3-4,8H2,1-2H3,(H,13,18). The van der Waals surface area contributed by atoms with Crippen molar-refractivity contribution in [1.82, 2.24) is 25.5 Å². The molecule has 19 heavy (non-hydrogen) atoms. The van der Waals surface area contributed by atoms with Crippen LogP contribution in [0.5, 0.6) is 0 Å². The summed E-state index contributed by atoms with van der Waals surface area (Å²) in [6.07, 6.45) is 3.35. The Morgan fingerprint density at radius 1 is 1.47 bits per heavy atom. The molecule has 0 aliphatic heterocycles. The molecule has 2 rings (SSSR count). The van der Waals surface area contributed by atoms with E-state index < -0.39 is 0 Å².